The number of piperidine rings is 1. The number of amides is 1. The first-order valence-corrected chi connectivity index (χ1v) is 10.5. The van der Waals surface area contributed by atoms with Crippen molar-refractivity contribution < 1.29 is 9.21 Å². The second kappa shape index (κ2) is 7.30. The molecule has 0 radical (unpaired) electrons. The molecule has 7 heteroatoms. The third kappa shape index (κ3) is 3.13. The third-order valence-electron chi connectivity index (χ3n) is 6.45. The van der Waals surface area contributed by atoms with Gasteiger partial charge >= 0.3 is 0 Å². The summed E-state index contributed by atoms with van der Waals surface area (Å²) in [6.07, 6.45) is 4.31. The molecule has 1 atom stereocenters. The number of aromatic nitrogens is 3. The van der Waals surface area contributed by atoms with Gasteiger partial charge in [0, 0.05) is 37.0 Å². The van der Waals surface area contributed by atoms with Gasteiger partial charge in [-0.2, -0.15) is 0 Å². The molecule has 1 aromatic carbocycles. The number of hydrogen-bond acceptors (Lipinski definition) is 5. The molecule has 7 nitrogen and oxygen atoms in total. The van der Waals surface area contributed by atoms with Crippen LogP contribution in [0.2, 0.25) is 0 Å². The zero-order valence-corrected chi connectivity index (χ0v) is 17.1. The average Bonchev–Trinajstić information content (AvgIpc) is 3.22. The van der Waals surface area contributed by atoms with Gasteiger partial charge in [-0.25, -0.2) is 0 Å². The van der Waals surface area contributed by atoms with E-state index in [1.165, 1.54) is 12.8 Å². The van der Waals surface area contributed by atoms with Crippen LogP contribution in [-0.2, 0) is 13.0 Å². The summed E-state index contributed by atoms with van der Waals surface area (Å²) >= 11 is 0. The highest BCUT2D eigenvalue weighted by Gasteiger charge is 2.30. The topological polar surface area (TPSA) is 67.4 Å². The zero-order valence-electron chi connectivity index (χ0n) is 17.1. The summed E-state index contributed by atoms with van der Waals surface area (Å²) in [5.41, 5.74) is 1.68. The maximum absolute atomic E-state index is 13.2. The first-order valence-electron chi connectivity index (χ1n) is 10.5. The van der Waals surface area contributed by atoms with Gasteiger partial charge in [-0.3, -0.25) is 9.69 Å². The number of fused-ring (bicyclic) bond motifs is 2. The Hall–Kier alpha value is -2.67. The van der Waals surface area contributed by atoms with E-state index in [1.54, 1.807) is 0 Å². The summed E-state index contributed by atoms with van der Waals surface area (Å²) in [5.74, 6) is 2.46. The van der Waals surface area contributed by atoms with Crippen LogP contribution in [0.5, 0.6) is 0 Å². The lowest BCUT2D eigenvalue weighted by molar-refractivity contribution is 0.0727. The van der Waals surface area contributed by atoms with Crippen molar-refractivity contribution in [3.05, 3.63) is 47.2 Å². The number of rotatable bonds is 2. The van der Waals surface area contributed by atoms with Gasteiger partial charge in [0.15, 0.2) is 5.76 Å². The molecule has 4 heterocycles. The number of aryl methyl sites for hydroxylation is 1. The molecule has 0 spiro atoms. The second-order valence-corrected chi connectivity index (χ2v) is 8.21. The lowest BCUT2D eigenvalue weighted by Crippen LogP contribution is -2.35. The summed E-state index contributed by atoms with van der Waals surface area (Å²) in [5, 5.41) is 10.0. The van der Waals surface area contributed by atoms with Crippen molar-refractivity contribution in [2.24, 2.45) is 0 Å². The minimum atomic E-state index is -0.0336. The van der Waals surface area contributed by atoms with E-state index in [2.05, 4.69) is 26.7 Å². The zero-order chi connectivity index (χ0) is 20.0. The molecule has 1 saturated heterocycles. The molecule has 2 aromatic heterocycles. The molecule has 0 N–H and O–H groups in total. The lowest BCUT2D eigenvalue weighted by Gasteiger charge is -2.31. The molecular weight excluding hydrogens is 366 g/mol. The van der Waals surface area contributed by atoms with Crippen LogP contribution < -0.4 is 0 Å². The van der Waals surface area contributed by atoms with Gasteiger partial charge < -0.3 is 13.9 Å². The number of furan rings is 1. The first kappa shape index (κ1) is 18.4. The molecule has 1 amide bonds. The number of carbonyl (C=O) groups excluding carboxylic acids is 1. The molecule has 1 fully saturated rings. The molecule has 29 heavy (non-hydrogen) atoms. The van der Waals surface area contributed by atoms with E-state index in [-0.39, 0.29) is 5.91 Å². The smallest absolute Gasteiger partial charge is 0.289 e. The molecule has 0 bridgehead atoms. The number of likely N-dealkylation sites (tertiary alicyclic amines) is 1. The lowest BCUT2D eigenvalue weighted by atomic mass is 10.0. The number of para-hydroxylation sites is 1. The Morgan fingerprint density at radius 3 is 2.79 bits per heavy atom. The highest BCUT2D eigenvalue weighted by atomic mass is 16.3. The van der Waals surface area contributed by atoms with Gasteiger partial charge in [0.2, 0.25) is 0 Å². The highest BCUT2D eigenvalue weighted by Crippen LogP contribution is 2.30. The second-order valence-electron chi connectivity index (χ2n) is 8.21. The van der Waals surface area contributed by atoms with Gasteiger partial charge in [-0.05, 0) is 39.4 Å². The quantitative estimate of drug-likeness (QED) is 0.669. The monoisotopic (exact) mass is 393 g/mol. The van der Waals surface area contributed by atoms with Crippen LogP contribution in [0.15, 0.2) is 28.7 Å². The number of nitrogens with zero attached hydrogens (tertiary/aromatic N) is 5. The summed E-state index contributed by atoms with van der Waals surface area (Å²) in [7, 11) is 2.17. The maximum atomic E-state index is 13.2. The van der Waals surface area contributed by atoms with E-state index < -0.39 is 0 Å². The van der Waals surface area contributed by atoms with E-state index in [1.807, 2.05) is 36.1 Å². The van der Waals surface area contributed by atoms with Crippen molar-refractivity contribution in [2.45, 2.75) is 45.2 Å². The van der Waals surface area contributed by atoms with Gasteiger partial charge in [0.05, 0.1) is 6.04 Å². The van der Waals surface area contributed by atoms with Crippen LogP contribution in [0.3, 0.4) is 0 Å². The predicted molar refractivity (Wildman–Crippen MR) is 110 cm³/mol. The molecule has 2 aliphatic heterocycles. The molecular formula is C22H27N5O2. The van der Waals surface area contributed by atoms with Gasteiger partial charge in [0.25, 0.3) is 5.91 Å². The number of benzene rings is 1. The van der Waals surface area contributed by atoms with Gasteiger partial charge in [-0.1, -0.05) is 24.6 Å². The Balaban J connectivity index is 1.38. The van der Waals surface area contributed by atoms with Crippen molar-refractivity contribution in [2.75, 3.05) is 26.7 Å². The average molecular weight is 393 g/mol. The first-order chi connectivity index (χ1) is 14.1. The third-order valence-corrected chi connectivity index (χ3v) is 6.45. The summed E-state index contributed by atoms with van der Waals surface area (Å²) in [4.78, 5) is 17.5. The van der Waals surface area contributed by atoms with Crippen LogP contribution >= 0.6 is 0 Å². The molecule has 0 aliphatic carbocycles. The Morgan fingerprint density at radius 2 is 1.97 bits per heavy atom. The molecule has 5 rings (SSSR count). The largest absolute Gasteiger partial charge is 0.451 e. The number of hydrogen-bond donors (Lipinski definition) is 0. The Labute approximate surface area is 170 Å². The standard InChI is InChI=1S/C22H27N5O2/c1-15-16-7-3-4-9-18(16)29-20(15)22(28)26-12-10-19-23-24-21(27(19)14-13-26)17-8-5-6-11-25(17)2/h3-4,7,9,17H,5-6,8,10-14H2,1-2H3. The van der Waals surface area contributed by atoms with E-state index in [4.69, 9.17) is 4.42 Å². The fourth-order valence-electron chi connectivity index (χ4n) is 4.72. The van der Waals surface area contributed by atoms with E-state index >= 15 is 0 Å². The summed E-state index contributed by atoms with van der Waals surface area (Å²) in [6.45, 7) is 5.07. The Bertz CT molecular complexity index is 1050. The Kier molecular flexibility index (Phi) is 4.62. The van der Waals surface area contributed by atoms with Gasteiger partial charge in [0.1, 0.15) is 17.2 Å². The molecule has 3 aromatic rings. The van der Waals surface area contributed by atoms with Crippen molar-refractivity contribution in [1.29, 1.82) is 0 Å². The molecule has 2 aliphatic rings. The van der Waals surface area contributed by atoms with Crippen molar-refractivity contribution >= 4 is 16.9 Å². The van der Waals surface area contributed by atoms with Gasteiger partial charge in [-0.15, -0.1) is 10.2 Å². The van der Waals surface area contributed by atoms with Crippen LogP contribution in [0.1, 0.15) is 53.1 Å². The van der Waals surface area contributed by atoms with Crippen LogP contribution in [0, 0.1) is 6.92 Å². The van der Waals surface area contributed by atoms with Crippen LogP contribution in [0.4, 0.5) is 0 Å². The van der Waals surface area contributed by atoms with E-state index in [0.29, 0.717) is 31.3 Å². The highest BCUT2D eigenvalue weighted by molar-refractivity contribution is 5.98. The van der Waals surface area contributed by atoms with E-state index in [9.17, 15) is 4.79 Å². The SMILES string of the molecule is Cc1c(C(=O)N2CCc3nnc(C4CCCCN4C)n3CC2)oc2ccccc12. The molecule has 0 saturated carbocycles. The fourth-order valence-corrected chi connectivity index (χ4v) is 4.72. The minimum absolute atomic E-state index is 0.0336. The van der Waals surface area contributed by atoms with Crippen molar-refractivity contribution in [3.8, 4) is 0 Å². The van der Waals surface area contributed by atoms with Crippen LogP contribution in [-0.4, -0.2) is 57.2 Å². The maximum Gasteiger partial charge on any atom is 0.289 e. The minimum Gasteiger partial charge on any atom is -0.451 e. The van der Waals surface area contributed by atoms with Crippen LogP contribution in [0.25, 0.3) is 11.0 Å². The summed E-state index contributed by atoms with van der Waals surface area (Å²) in [6, 6.07) is 8.14. The normalized spacial score (nSPS) is 20.6. The van der Waals surface area contributed by atoms with Crippen molar-refractivity contribution in [1.82, 2.24) is 24.6 Å². The van der Waals surface area contributed by atoms with Crippen molar-refractivity contribution in [3.63, 3.8) is 0 Å². The Morgan fingerprint density at radius 1 is 1.10 bits per heavy atom. The molecule has 152 valence electrons. The fraction of sp³-hybridized carbons (Fsp3) is 0.500. The summed E-state index contributed by atoms with van der Waals surface area (Å²) < 4.78 is 8.15. The number of carbonyl (C=O) groups is 1. The molecule has 1 unspecified atom stereocenters. The predicted octanol–water partition coefficient (Wildman–Crippen LogP) is 3.19. The van der Waals surface area contributed by atoms with E-state index in [0.717, 1.165) is 47.7 Å².